The molecule has 0 aliphatic carbocycles. The Morgan fingerprint density at radius 3 is 1.71 bits per heavy atom. The molecule has 0 rings (SSSR count). The number of carboxylic acid groups (broad SMARTS) is 2. The molecule has 0 radical (unpaired) electrons. The fourth-order valence-corrected chi connectivity index (χ4v) is 3.08. The van der Waals surface area contributed by atoms with Crippen molar-refractivity contribution in [3.63, 3.8) is 0 Å². The molecule has 0 aromatic rings. The molecule has 12 heteroatoms. The highest BCUT2D eigenvalue weighted by molar-refractivity contribution is 5.80. The number of halogens is 3. The summed E-state index contributed by atoms with van der Waals surface area (Å²) in [6.45, 7) is 11.1. The standard InChI is InChI=1S/C20H39N3O4.C2HF3O2/c1-13(2)12-16(20(26)27)8-11-22-18(24)15(5)7-10-23-19(25)17(6-9-21)14(3)4;3-2(4,5)1(6)7/h13-17H,6-12,21H2,1-5H3,(H,22,24)(H,23,25)(H,26,27);(H,6,7)/t15-,16+,17+;/m1./s1. The van der Waals surface area contributed by atoms with Gasteiger partial charge in [0.25, 0.3) is 0 Å². The molecule has 0 aromatic heterocycles. The lowest BCUT2D eigenvalue weighted by Crippen LogP contribution is -2.37. The molecule has 0 aliphatic heterocycles. The second-order valence-corrected chi connectivity index (χ2v) is 8.96. The van der Waals surface area contributed by atoms with E-state index in [1.54, 1.807) is 0 Å². The maximum absolute atomic E-state index is 12.2. The first-order valence-corrected chi connectivity index (χ1v) is 11.3. The van der Waals surface area contributed by atoms with Gasteiger partial charge in [-0.05, 0) is 44.1 Å². The van der Waals surface area contributed by atoms with E-state index in [9.17, 15) is 32.7 Å². The van der Waals surface area contributed by atoms with E-state index in [1.165, 1.54) is 0 Å². The summed E-state index contributed by atoms with van der Waals surface area (Å²) in [5.41, 5.74) is 5.56. The molecule has 0 aromatic carbocycles. The van der Waals surface area contributed by atoms with Crippen molar-refractivity contribution in [2.75, 3.05) is 19.6 Å². The maximum atomic E-state index is 12.2. The summed E-state index contributed by atoms with van der Waals surface area (Å²) in [5, 5.41) is 22.1. The van der Waals surface area contributed by atoms with Crippen LogP contribution in [0, 0.1) is 29.6 Å². The second kappa shape index (κ2) is 17.1. The Morgan fingerprint density at radius 1 is 0.853 bits per heavy atom. The predicted octanol–water partition coefficient (Wildman–Crippen LogP) is 2.64. The molecule has 0 spiro atoms. The van der Waals surface area contributed by atoms with Crippen LogP contribution < -0.4 is 16.4 Å². The number of aliphatic carboxylic acids is 2. The number of nitrogens with two attached hydrogens (primary N) is 1. The highest BCUT2D eigenvalue weighted by Crippen LogP contribution is 2.16. The zero-order valence-corrected chi connectivity index (χ0v) is 20.6. The van der Waals surface area contributed by atoms with Crippen LogP contribution in [0.2, 0.25) is 0 Å². The number of nitrogens with one attached hydrogen (secondary N) is 2. The lowest BCUT2D eigenvalue weighted by Gasteiger charge is -2.20. The van der Waals surface area contributed by atoms with Crippen molar-refractivity contribution in [2.45, 2.75) is 66.5 Å². The molecular weight excluding hydrogens is 459 g/mol. The molecule has 6 N–H and O–H groups in total. The van der Waals surface area contributed by atoms with Crippen LogP contribution in [0.4, 0.5) is 13.2 Å². The van der Waals surface area contributed by atoms with E-state index in [0.29, 0.717) is 51.2 Å². The zero-order valence-electron chi connectivity index (χ0n) is 20.6. The van der Waals surface area contributed by atoms with Gasteiger partial charge in [-0.1, -0.05) is 34.6 Å². The van der Waals surface area contributed by atoms with Crippen LogP contribution in [-0.2, 0) is 19.2 Å². The molecule has 0 fully saturated rings. The van der Waals surface area contributed by atoms with E-state index in [4.69, 9.17) is 15.6 Å². The van der Waals surface area contributed by atoms with Gasteiger partial charge < -0.3 is 26.6 Å². The van der Waals surface area contributed by atoms with Gasteiger partial charge in [0.2, 0.25) is 11.8 Å². The van der Waals surface area contributed by atoms with Gasteiger partial charge in [0, 0.05) is 24.9 Å². The van der Waals surface area contributed by atoms with Gasteiger partial charge in [0.15, 0.2) is 0 Å². The summed E-state index contributed by atoms with van der Waals surface area (Å²) in [7, 11) is 0. The molecular formula is C22H40F3N3O6. The lowest BCUT2D eigenvalue weighted by molar-refractivity contribution is -0.192. The average molecular weight is 500 g/mol. The van der Waals surface area contributed by atoms with E-state index in [-0.39, 0.29) is 29.6 Å². The van der Waals surface area contributed by atoms with Gasteiger partial charge in [-0.15, -0.1) is 0 Å². The van der Waals surface area contributed by atoms with E-state index < -0.39 is 24.0 Å². The van der Waals surface area contributed by atoms with E-state index in [1.807, 2.05) is 34.6 Å². The fourth-order valence-electron chi connectivity index (χ4n) is 3.08. The molecule has 3 atom stereocenters. The summed E-state index contributed by atoms with van der Waals surface area (Å²) in [5.74, 6) is -3.95. The van der Waals surface area contributed by atoms with Crippen molar-refractivity contribution >= 4 is 23.8 Å². The molecule has 0 aliphatic rings. The molecule has 9 nitrogen and oxygen atoms in total. The monoisotopic (exact) mass is 499 g/mol. The smallest absolute Gasteiger partial charge is 0.481 e. The first-order valence-electron chi connectivity index (χ1n) is 11.3. The summed E-state index contributed by atoms with van der Waals surface area (Å²) in [6, 6.07) is 0. The molecule has 34 heavy (non-hydrogen) atoms. The molecule has 2 amide bonds. The Kier molecular flexibility index (Phi) is 17.0. The summed E-state index contributed by atoms with van der Waals surface area (Å²) in [4.78, 5) is 44.5. The third kappa shape index (κ3) is 16.3. The van der Waals surface area contributed by atoms with Crippen LogP contribution in [0.1, 0.15) is 60.3 Å². The Hall–Kier alpha value is -2.37. The average Bonchev–Trinajstić information content (AvgIpc) is 2.69. The molecule has 0 unspecified atom stereocenters. The number of alkyl halides is 3. The van der Waals surface area contributed by atoms with Gasteiger partial charge in [-0.2, -0.15) is 13.2 Å². The quantitative estimate of drug-likeness (QED) is 0.246. The molecule has 200 valence electrons. The number of hydrogen-bond acceptors (Lipinski definition) is 5. The van der Waals surface area contributed by atoms with Crippen molar-refractivity contribution in [1.82, 2.24) is 10.6 Å². The van der Waals surface area contributed by atoms with Crippen molar-refractivity contribution in [1.29, 1.82) is 0 Å². The maximum Gasteiger partial charge on any atom is 0.490 e. The predicted molar refractivity (Wildman–Crippen MR) is 121 cm³/mol. The Bertz CT molecular complexity index is 642. The van der Waals surface area contributed by atoms with Crippen LogP contribution in [0.5, 0.6) is 0 Å². The number of rotatable bonds is 14. The van der Waals surface area contributed by atoms with Gasteiger partial charge in [-0.25, -0.2) is 4.79 Å². The first kappa shape index (κ1) is 33.8. The van der Waals surface area contributed by atoms with Gasteiger partial charge in [0.05, 0.1) is 5.92 Å². The van der Waals surface area contributed by atoms with Crippen LogP contribution in [0.15, 0.2) is 0 Å². The summed E-state index contributed by atoms with van der Waals surface area (Å²) >= 11 is 0. The summed E-state index contributed by atoms with van der Waals surface area (Å²) < 4.78 is 31.7. The fraction of sp³-hybridized carbons (Fsp3) is 0.818. The Morgan fingerprint density at radius 2 is 1.32 bits per heavy atom. The van der Waals surface area contributed by atoms with Crippen LogP contribution >= 0.6 is 0 Å². The van der Waals surface area contributed by atoms with E-state index in [0.717, 1.165) is 0 Å². The molecule has 0 saturated carbocycles. The minimum absolute atomic E-state index is 0.0129. The molecule has 0 bridgehead atoms. The zero-order chi connectivity index (χ0) is 27.1. The number of amides is 2. The minimum Gasteiger partial charge on any atom is -0.481 e. The number of carboxylic acids is 2. The summed E-state index contributed by atoms with van der Waals surface area (Å²) in [6.07, 6.45) is -2.86. The van der Waals surface area contributed by atoms with Crippen LogP contribution in [0.25, 0.3) is 0 Å². The molecule has 0 saturated heterocycles. The lowest BCUT2D eigenvalue weighted by atomic mass is 9.91. The third-order valence-electron chi connectivity index (χ3n) is 5.08. The minimum atomic E-state index is -5.08. The van der Waals surface area contributed by atoms with Crippen molar-refractivity contribution in [2.24, 2.45) is 35.3 Å². The SMILES string of the molecule is CC(C)C[C@H](CCNC(=O)[C@H](C)CCNC(=O)[C@@H](CCN)C(C)C)C(=O)O.O=C(O)C(F)(F)F. The first-order chi connectivity index (χ1) is 15.5. The molecule has 0 heterocycles. The Labute approximate surface area is 199 Å². The second-order valence-electron chi connectivity index (χ2n) is 8.96. The normalized spacial score (nSPS) is 14.0. The van der Waals surface area contributed by atoms with Crippen molar-refractivity contribution in [3.05, 3.63) is 0 Å². The van der Waals surface area contributed by atoms with Crippen LogP contribution in [0.3, 0.4) is 0 Å². The third-order valence-corrected chi connectivity index (χ3v) is 5.08. The van der Waals surface area contributed by atoms with E-state index in [2.05, 4.69) is 10.6 Å². The van der Waals surface area contributed by atoms with Gasteiger partial charge >= 0.3 is 18.1 Å². The topological polar surface area (TPSA) is 159 Å². The van der Waals surface area contributed by atoms with Gasteiger partial charge in [-0.3, -0.25) is 14.4 Å². The Balaban J connectivity index is 0. The van der Waals surface area contributed by atoms with E-state index >= 15 is 0 Å². The van der Waals surface area contributed by atoms with Crippen LogP contribution in [-0.4, -0.2) is 59.8 Å². The van der Waals surface area contributed by atoms with Crippen molar-refractivity contribution < 1.29 is 42.6 Å². The largest absolute Gasteiger partial charge is 0.490 e. The number of hydrogen-bond donors (Lipinski definition) is 5. The highest BCUT2D eigenvalue weighted by atomic mass is 19.4. The van der Waals surface area contributed by atoms with Gasteiger partial charge in [0.1, 0.15) is 0 Å². The number of carbonyl (C=O) groups excluding carboxylic acids is 2. The number of carbonyl (C=O) groups is 4. The van der Waals surface area contributed by atoms with Crippen molar-refractivity contribution in [3.8, 4) is 0 Å². The highest BCUT2D eigenvalue weighted by Gasteiger charge is 2.38.